The maximum Gasteiger partial charge on any atom is 0.138 e. The summed E-state index contributed by atoms with van der Waals surface area (Å²) in [4.78, 5) is 2.43. The number of hydrogen-bond acceptors (Lipinski definition) is 6. The Hall–Kier alpha value is -1.73. The van der Waals surface area contributed by atoms with Gasteiger partial charge in [0.25, 0.3) is 0 Å². The molecule has 4 rings (SSSR count). The normalized spacial score (nSPS) is 18.6. The highest BCUT2D eigenvalue weighted by molar-refractivity contribution is 5.21. The molecule has 1 fully saturated rings. The van der Waals surface area contributed by atoms with Crippen molar-refractivity contribution in [3.63, 3.8) is 0 Å². The van der Waals surface area contributed by atoms with Crippen LogP contribution in [0.1, 0.15) is 47.7 Å². The van der Waals surface area contributed by atoms with Crippen molar-refractivity contribution in [2.45, 2.75) is 59.4 Å². The molecule has 7 nitrogen and oxygen atoms in total. The van der Waals surface area contributed by atoms with Crippen LogP contribution in [0.15, 0.2) is 4.52 Å². The van der Waals surface area contributed by atoms with Crippen molar-refractivity contribution in [3.05, 3.63) is 28.4 Å². The van der Waals surface area contributed by atoms with Crippen LogP contribution in [0.2, 0.25) is 0 Å². The summed E-state index contributed by atoms with van der Waals surface area (Å²) in [6.45, 7) is 9.08. The SMILES string of the molecule is Cc1noc(C)c1CN1CCCn2nnc(COCC3CC3)c2C1. The van der Waals surface area contributed by atoms with Crippen LogP contribution in [-0.4, -0.2) is 38.2 Å². The molecule has 3 heterocycles. The fraction of sp³-hybridized carbons (Fsp3) is 0.706. The van der Waals surface area contributed by atoms with E-state index in [4.69, 9.17) is 9.26 Å². The number of rotatable bonds is 6. The van der Waals surface area contributed by atoms with E-state index in [0.29, 0.717) is 6.61 Å². The number of ether oxygens (including phenoxy) is 1. The Morgan fingerprint density at radius 3 is 2.88 bits per heavy atom. The molecule has 0 N–H and O–H groups in total. The van der Waals surface area contributed by atoms with Crippen LogP contribution < -0.4 is 0 Å². The molecule has 0 spiro atoms. The zero-order chi connectivity index (χ0) is 16.5. The molecule has 1 aliphatic heterocycles. The maximum absolute atomic E-state index is 5.83. The van der Waals surface area contributed by atoms with Gasteiger partial charge in [-0.3, -0.25) is 4.90 Å². The molecule has 2 aromatic rings. The van der Waals surface area contributed by atoms with Crippen molar-refractivity contribution >= 4 is 0 Å². The van der Waals surface area contributed by atoms with Crippen LogP contribution in [0.3, 0.4) is 0 Å². The molecule has 7 heteroatoms. The third-order valence-electron chi connectivity index (χ3n) is 4.99. The minimum Gasteiger partial charge on any atom is -0.375 e. The fourth-order valence-electron chi connectivity index (χ4n) is 3.26. The van der Waals surface area contributed by atoms with Gasteiger partial charge >= 0.3 is 0 Å². The van der Waals surface area contributed by atoms with Gasteiger partial charge in [-0.15, -0.1) is 5.10 Å². The van der Waals surface area contributed by atoms with E-state index in [0.717, 1.165) is 62.3 Å². The van der Waals surface area contributed by atoms with Gasteiger partial charge in [0, 0.05) is 38.3 Å². The summed E-state index contributed by atoms with van der Waals surface area (Å²) in [7, 11) is 0. The van der Waals surface area contributed by atoms with Crippen molar-refractivity contribution in [2.24, 2.45) is 5.92 Å². The molecular weight excluding hydrogens is 306 g/mol. The van der Waals surface area contributed by atoms with Crippen LogP contribution in [-0.2, 0) is 31.0 Å². The van der Waals surface area contributed by atoms with E-state index in [1.165, 1.54) is 24.1 Å². The van der Waals surface area contributed by atoms with Gasteiger partial charge in [-0.25, -0.2) is 4.68 Å². The van der Waals surface area contributed by atoms with Crippen LogP contribution >= 0.6 is 0 Å². The molecule has 2 aromatic heterocycles. The number of aryl methyl sites for hydroxylation is 3. The van der Waals surface area contributed by atoms with Crippen LogP contribution in [0.5, 0.6) is 0 Å². The van der Waals surface area contributed by atoms with Crippen LogP contribution in [0.25, 0.3) is 0 Å². The highest BCUT2D eigenvalue weighted by atomic mass is 16.5. The largest absolute Gasteiger partial charge is 0.375 e. The quantitative estimate of drug-likeness (QED) is 0.808. The first-order valence-corrected chi connectivity index (χ1v) is 8.84. The molecule has 0 aromatic carbocycles. The Bertz CT molecular complexity index is 684. The lowest BCUT2D eigenvalue weighted by atomic mass is 10.2. The van der Waals surface area contributed by atoms with Gasteiger partial charge in [-0.1, -0.05) is 10.4 Å². The summed E-state index contributed by atoms with van der Waals surface area (Å²) >= 11 is 0. The molecule has 0 bridgehead atoms. The Morgan fingerprint density at radius 2 is 2.12 bits per heavy atom. The molecule has 0 radical (unpaired) electrons. The predicted octanol–water partition coefficient (Wildman–Crippen LogP) is 2.22. The minimum atomic E-state index is 0.574. The summed E-state index contributed by atoms with van der Waals surface area (Å²) in [6.07, 6.45) is 3.69. The number of fused-ring (bicyclic) bond motifs is 1. The van der Waals surface area contributed by atoms with Crippen LogP contribution in [0.4, 0.5) is 0 Å². The van der Waals surface area contributed by atoms with E-state index in [-0.39, 0.29) is 0 Å². The molecule has 1 aliphatic carbocycles. The van der Waals surface area contributed by atoms with Crippen molar-refractivity contribution in [1.29, 1.82) is 0 Å². The second-order valence-electron chi connectivity index (χ2n) is 7.03. The van der Waals surface area contributed by atoms with E-state index in [1.54, 1.807) is 0 Å². The lowest BCUT2D eigenvalue weighted by Crippen LogP contribution is -2.24. The molecule has 0 unspecified atom stereocenters. The van der Waals surface area contributed by atoms with E-state index < -0.39 is 0 Å². The first-order chi connectivity index (χ1) is 11.7. The predicted molar refractivity (Wildman–Crippen MR) is 87.1 cm³/mol. The van der Waals surface area contributed by atoms with Gasteiger partial charge in [-0.05, 0) is 39.0 Å². The van der Waals surface area contributed by atoms with E-state index in [9.17, 15) is 0 Å². The van der Waals surface area contributed by atoms with Gasteiger partial charge in [0.15, 0.2) is 0 Å². The lowest BCUT2D eigenvalue weighted by molar-refractivity contribution is 0.107. The monoisotopic (exact) mass is 331 g/mol. The van der Waals surface area contributed by atoms with Gasteiger partial charge in [0.05, 0.1) is 18.0 Å². The Morgan fingerprint density at radius 1 is 1.25 bits per heavy atom. The average Bonchev–Trinajstić information content (AvgIpc) is 3.29. The molecule has 1 saturated carbocycles. The van der Waals surface area contributed by atoms with Crippen molar-refractivity contribution in [1.82, 2.24) is 25.1 Å². The zero-order valence-corrected chi connectivity index (χ0v) is 14.5. The molecular formula is C17H25N5O2. The average molecular weight is 331 g/mol. The molecule has 24 heavy (non-hydrogen) atoms. The van der Waals surface area contributed by atoms with E-state index >= 15 is 0 Å². The van der Waals surface area contributed by atoms with E-state index in [1.807, 2.05) is 18.5 Å². The summed E-state index contributed by atoms with van der Waals surface area (Å²) in [5.41, 5.74) is 4.36. The van der Waals surface area contributed by atoms with Crippen molar-refractivity contribution < 1.29 is 9.26 Å². The molecule has 0 atom stereocenters. The van der Waals surface area contributed by atoms with Crippen molar-refractivity contribution in [2.75, 3.05) is 13.2 Å². The van der Waals surface area contributed by atoms with Gasteiger partial charge in [0.2, 0.25) is 0 Å². The Labute approximate surface area is 141 Å². The number of hydrogen-bond donors (Lipinski definition) is 0. The maximum atomic E-state index is 5.83. The van der Waals surface area contributed by atoms with Gasteiger partial charge in [-0.2, -0.15) is 0 Å². The summed E-state index contributed by atoms with van der Waals surface area (Å²) in [5, 5.41) is 12.7. The highest BCUT2D eigenvalue weighted by Crippen LogP contribution is 2.29. The smallest absolute Gasteiger partial charge is 0.138 e. The lowest BCUT2D eigenvalue weighted by Gasteiger charge is -2.19. The van der Waals surface area contributed by atoms with Gasteiger partial charge in [0.1, 0.15) is 11.5 Å². The summed E-state index contributed by atoms with van der Waals surface area (Å²) in [5.74, 6) is 1.69. The Balaban J connectivity index is 1.45. The molecule has 130 valence electrons. The number of aromatic nitrogens is 4. The third kappa shape index (κ3) is 3.37. The molecule has 2 aliphatic rings. The Kier molecular flexibility index (Phi) is 4.37. The third-order valence-corrected chi connectivity index (χ3v) is 4.99. The highest BCUT2D eigenvalue weighted by Gasteiger charge is 2.24. The molecule has 0 amide bonds. The first kappa shape index (κ1) is 15.8. The minimum absolute atomic E-state index is 0.574. The number of nitrogens with zero attached hydrogens (tertiary/aromatic N) is 5. The topological polar surface area (TPSA) is 69.2 Å². The van der Waals surface area contributed by atoms with Crippen molar-refractivity contribution in [3.8, 4) is 0 Å². The first-order valence-electron chi connectivity index (χ1n) is 8.84. The summed E-state index contributed by atoms with van der Waals surface area (Å²) in [6, 6.07) is 0. The molecule has 0 saturated heterocycles. The summed E-state index contributed by atoms with van der Waals surface area (Å²) < 4.78 is 13.2. The van der Waals surface area contributed by atoms with Gasteiger partial charge < -0.3 is 9.26 Å². The van der Waals surface area contributed by atoms with Crippen LogP contribution in [0, 0.1) is 19.8 Å². The van der Waals surface area contributed by atoms with E-state index in [2.05, 4.69) is 20.4 Å². The standard InChI is InChI=1S/C17H25N5O2/c1-12-15(13(2)24-19-12)8-21-6-3-7-22-17(9-21)16(18-20-22)11-23-10-14-4-5-14/h14H,3-11H2,1-2H3. The fourth-order valence-corrected chi connectivity index (χ4v) is 3.26. The second kappa shape index (κ2) is 6.64. The zero-order valence-electron chi connectivity index (χ0n) is 14.5. The second-order valence-corrected chi connectivity index (χ2v) is 7.03.